The van der Waals surface area contributed by atoms with E-state index >= 15 is 0 Å². The van der Waals surface area contributed by atoms with Crippen molar-refractivity contribution >= 4 is 10.3 Å². The number of hydrogen-bond donors (Lipinski definition) is 2. The van der Waals surface area contributed by atoms with Gasteiger partial charge in [0.25, 0.3) is 5.85 Å². The Morgan fingerprint density at radius 1 is 1.57 bits per heavy atom. The van der Waals surface area contributed by atoms with E-state index in [4.69, 9.17) is 12.2 Å². The fourth-order valence-corrected chi connectivity index (χ4v) is 3.54. The van der Waals surface area contributed by atoms with Gasteiger partial charge in [0.15, 0.2) is 0 Å². The van der Waals surface area contributed by atoms with Crippen molar-refractivity contribution in [2.24, 2.45) is 5.73 Å². The molecule has 3 atom stereocenters. The summed E-state index contributed by atoms with van der Waals surface area (Å²) in [6.45, 7) is 0. The predicted molar refractivity (Wildman–Crippen MR) is 73.5 cm³/mol. The number of nitrogens with two attached hydrogens (primary N) is 1. The van der Waals surface area contributed by atoms with Crippen molar-refractivity contribution < 1.29 is 22.1 Å². The fourth-order valence-electron chi connectivity index (χ4n) is 2.46. The van der Waals surface area contributed by atoms with Crippen LogP contribution in [0.4, 0.5) is 4.39 Å². The van der Waals surface area contributed by atoms with Crippen LogP contribution in [0.1, 0.15) is 17.2 Å². The molecule has 0 saturated heterocycles. The van der Waals surface area contributed by atoms with E-state index in [1.54, 1.807) is 30.2 Å². The molecule has 1 aliphatic carbocycles. The Morgan fingerprint density at radius 2 is 2.19 bits per heavy atom. The number of nitrogens with zero attached hydrogens (tertiary/aromatic N) is 1. The summed E-state index contributed by atoms with van der Waals surface area (Å²) < 4.78 is 43.1. The Kier molecular flexibility index (Phi) is 4.06. The minimum atomic E-state index is -4.51. The van der Waals surface area contributed by atoms with E-state index in [1.165, 1.54) is 0 Å². The van der Waals surface area contributed by atoms with Crippen LogP contribution in [0.25, 0.3) is 0 Å². The van der Waals surface area contributed by atoms with Gasteiger partial charge < -0.3 is 5.11 Å². The van der Waals surface area contributed by atoms with Gasteiger partial charge in [-0.1, -0.05) is 24.3 Å². The van der Waals surface area contributed by atoms with Crippen LogP contribution in [-0.4, -0.2) is 37.0 Å². The van der Waals surface area contributed by atoms with Gasteiger partial charge in [0.1, 0.15) is 6.17 Å². The summed E-state index contributed by atoms with van der Waals surface area (Å²) in [7, 11) is -3.64. The van der Waals surface area contributed by atoms with E-state index in [2.05, 4.69) is 4.18 Å². The summed E-state index contributed by atoms with van der Waals surface area (Å²) in [6, 6.07) is 5.22. The van der Waals surface area contributed by atoms with E-state index in [-0.39, 0.29) is 10.7 Å². The lowest BCUT2D eigenvalue weighted by molar-refractivity contribution is -0.0421. The van der Waals surface area contributed by atoms with Gasteiger partial charge in [0, 0.05) is 6.42 Å². The Morgan fingerprint density at radius 3 is 2.76 bits per heavy atom. The lowest BCUT2D eigenvalue weighted by Gasteiger charge is -2.35. The summed E-state index contributed by atoms with van der Waals surface area (Å²) >= 11 is 0. The van der Waals surface area contributed by atoms with Crippen LogP contribution in [0, 0.1) is 12.3 Å². The highest BCUT2D eigenvalue weighted by Gasteiger charge is 2.50. The fraction of sp³-hybridized carbons (Fsp3) is 0.385. The van der Waals surface area contributed by atoms with Crippen molar-refractivity contribution in [1.82, 2.24) is 4.31 Å². The maximum Gasteiger partial charge on any atom is 0.343 e. The van der Waals surface area contributed by atoms with E-state index in [9.17, 15) is 17.9 Å². The molecular weight excluding hydrogens is 299 g/mol. The molecule has 1 aliphatic rings. The molecule has 8 heteroatoms. The number of aliphatic hydroxyl groups is 1. The first-order valence-electron chi connectivity index (χ1n) is 6.05. The van der Waals surface area contributed by atoms with Crippen LogP contribution >= 0.6 is 0 Å². The Bertz CT molecular complexity index is 684. The molecule has 0 bridgehead atoms. The first kappa shape index (κ1) is 15.9. The van der Waals surface area contributed by atoms with E-state index < -0.39 is 28.4 Å². The van der Waals surface area contributed by atoms with Gasteiger partial charge in [-0.15, -0.1) is 10.7 Å². The number of fused-ring (bicyclic) bond motifs is 1. The smallest absolute Gasteiger partial charge is 0.343 e. The number of hydrogen-bond acceptors (Lipinski definition) is 5. The Balaban J connectivity index is 2.61. The second-order valence-corrected chi connectivity index (χ2v) is 6.24. The zero-order valence-corrected chi connectivity index (χ0v) is 12.0. The van der Waals surface area contributed by atoms with Crippen molar-refractivity contribution in [2.45, 2.75) is 24.5 Å². The SMILES string of the molecule is C#CC(N)(O)N(C1c2ccccc2CC1F)S(=O)(=O)OC. The number of terminal acetylenes is 1. The van der Waals surface area contributed by atoms with Crippen LogP contribution in [0.3, 0.4) is 0 Å². The molecule has 0 aromatic heterocycles. The van der Waals surface area contributed by atoms with Crippen LogP contribution in [0.5, 0.6) is 0 Å². The molecule has 3 unspecified atom stereocenters. The van der Waals surface area contributed by atoms with Gasteiger partial charge in [-0.2, -0.15) is 8.42 Å². The standard InChI is InChI=1S/C13H15FN2O4S/c1-3-13(15,17)16(21(18,19)20-2)12-10-7-5-4-6-9(10)8-11(12)14/h1,4-7,11-12,17H,8,15H2,2H3. The third kappa shape index (κ3) is 2.66. The van der Waals surface area contributed by atoms with Gasteiger partial charge in [-0.3, -0.25) is 9.92 Å². The second kappa shape index (κ2) is 5.36. The highest BCUT2D eigenvalue weighted by molar-refractivity contribution is 7.84. The molecule has 0 amide bonds. The van der Waals surface area contributed by atoms with Crippen molar-refractivity contribution in [2.75, 3.05) is 7.11 Å². The van der Waals surface area contributed by atoms with Crippen molar-refractivity contribution in [3.05, 3.63) is 35.4 Å². The van der Waals surface area contributed by atoms with Gasteiger partial charge in [0.2, 0.25) is 0 Å². The minimum absolute atomic E-state index is 0.00275. The molecule has 0 fully saturated rings. The molecule has 1 aromatic rings. The largest absolute Gasteiger partial charge is 0.352 e. The monoisotopic (exact) mass is 314 g/mol. The number of benzene rings is 1. The average molecular weight is 314 g/mol. The topological polar surface area (TPSA) is 92.9 Å². The van der Waals surface area contributed by atoms with E-state index in [0.29, 0.717) is 11.1 Å². The van der Waals surface area contributed by atoms with Crippen LogP contribution in [-0.2, 0) is 20.9 Å². The summed E-state index contributed by atoms with van der Waals surface area (Å²) in [4.78, 5) is 0. The molecule has 0 radical (unpaired) electrons. The molecule has 2 rings (SSSR count). The van der Waals surface area contributed by atoms with Crippen molar-refractivity contribution in [1.29, 1.82) is 0 Å². The first-order chi connectivity index (χ1) is 9.74. The molecule has 0 aliphatic heterocycles. The molecule has 3 N–H and O–H groups in total. The molecular formula is C13H15FN2O4S. The van der Waals surface area contributed by atoms with Gasteiger partial charge in [0.05, 0.1) is 13.2 Å². The zero-order chi connectivity index (χ0) is 15.8. The molecule has 1 aromatic carbocycles. The lowest BCUT2D eigenvalue weighted by Crippen LogP contribution is -2.59. The third-order valence-electron chi connectivity index (χ3n) is 3.38. The third-order valence-corrected chi connectivity index (χ3v) is 4.79. The van der Waals surface area contributed by atoms with Gasteiger partial charge in [-0.05, 0) is 17.0 Å². The summed E-state index contributed by atoms with van der Waals surface area (Å²) in [5.74, 6) is -0.964. The molecule has 21 heavy (non-hydrogen) atoms. The highest BCUT2D eigenvalue weighted by Crippen LogP contribution is 2.41. The Hall–Kier alpha value is -1.50. The first-order valence-corrected chi connectivity index (χ1v) is 7.42. The van der Waals surface area contributed by atoms with Crippen molar-refractivity contribution in [3.63, 3.8) is 0 Å². The zero-order valence-electron chi connectivity index (χ0n) is 11.2. The van der Waals surface area contributed by atoms with E-state index in [0.717, 1.165) is 7.11 Å². The van der Waals surface area contributed by atoms with Crippen molar-refractivity contribution in [3.8, 4) is 12.3 Å². The number of halogens is 1. The molecule has 6 nitrogen and oxygen atoms in total. The Labute approximate surface area is 122 Å². The van der Waals surface area contributed by atoms with Gasteiger partial charge >= 0.3 is 10.3 Å². The van der Waals surface area contributed by atoms with Crippen LogP contribution < -0.4 is 5.73 Å². The average Bonchev–Trinajstić information content (AvgIpc) is 2.75. The van der Waals surface area contributed by atoms with Crippen LogP contribution in [0.15, 0.2) is 24.3 Å². The highest BCUT2D eigenvalue weighted by atomic mass is 32.2. The maximum atomic E-state index is 14.4. The lowest BCUT2D eigenvalue weighted by atomic mass is 10.1. The second-order valence-electron chi connectivity index (χ2n) is 4.65. The number of rotatable bonds is 4. The maximum absolute atomic E-state index is 14.4. The summed E-state index contributed by atoms with van der Waals surface area (Å²) in [5, 5.41) is 10.00. The van der Waals surface area contributed by atoms with E-state index in [1.807, 2.05) is 0 Å². The van der Waals surface area contributed by atoms with Gasteiger partial charge in [-0.25, -0.2) is 4.39 Å². The quantitative estimate of drug-likeness (QED) is 0.605. The summed E-state index contributed by atoms with van der Waals surface area (Å²) in [5.41, 5.74) is 6.46. The molecule has 0 spiro atoms. The normalized spacial score (nSPS) is 24.4. The molecule has 0 saturated carbocycles. The molecule has 0 heterocycles. The summed E-state index contributed by atoms with van der Waals surface area (Å²) in [6.07, 6.45) is 3.48. The predicted octanol–water partition coefficient (Wildman–Crippen LogP) is 0.0531. The van der Waals surface area contributed by atoms with Crippen LogP contribution in [0.2, 0.25) is 0 Å². The minimum Gasteiger partial charge on any atom is -0.352 e. The molecule has 114 valence electrons. The number of alkyl halides is 1.